The molecule has 0 aliphatic rings. The zero-order valence-electron chi connectivity index (χ0n) is 15.5. The molecule has 0 aliphatic heterocycles. The Balaban J connectivity index is 0.000000405. The van der Waals surface area contributed by atoms with Gasteiger partial charge >= 0.3 is 0 Å². The van der Waals surface area contributed by atoms with E-state index in [1.807, 2.05) is 62.4 Å². The maximum Gasteiger partial charge on any atom is 0.191 e. The Labute approximate surface area is 146 Å². The SMILES string of the molecule is CO.COC(C)(OC)c1ccccc1.COC(C)c1ccccc1. The summed E-state index contributed by atoms with van der Waals surface area (Å²) in [6.45, 7) is 3.93. The van der Waals surface area contributed by atoms with Crippen LogP contribution in [0.25, 0.3) is 0 Å². The van der Waals surface area contributed by atoms with Gasteiger partial charge in [0.05, 0.1) is 6.10 Å². The smallest absolute Gasteiger partial charge is 0.191 e. The standard InChI is InChI=1S/C10H14O2.C9H12O.CH4O/c1-10(11-2,12-3)9-7-5-4-6-8-9;1-8(10-2)9-6-4-3-5-7-9;1-2/h4-8H,1-3H3;3-8H,1-2H3;2H,1H3. The first-order valence-electron chi connectivity index (χ1n) is 7.75. The van der Waals surface area contributed by atoms with Crippen molar-refractivity contribution in [2.75, 3.05) is 28.4 Å². The van der Waals surface area contributed by atoms with Gasteiger partial charge in [-0.25, -0.2) is 0 Å². The first kappa shape index (κ1) is 22.3. The van der Waals surface area contributed by atoms with Crippen LogP contribution in [0.4, 0.5) is 0 Å². The molecule has 0 aliphatic carbocycles. The quantitative estimate of drug-likeness (QED) is 0.834. The largest absolute Gasteiger partial charge is 0.400 e. The second kappa shape index (κ2) is 12.7. The van der Waals surface area contributed by atoms with Gasteiger partial charge < -0.3 is 19.3 Å². The zero-order chi connectivity index (χ0) is 18.4. The van der Waals surface area contributed by atoms with Crippen LogP contribution in [0.2, 0.25) is 0 Å². The van der Waals surface area contributed by atoms with Gasteiger partial charge in [0.25, 0.3) is 0 Å². The maximum atomic E-state index is 7.00. The van der Waals surface area contributed by atoms with E-state index in [4.69, 9.17) is 19.3 Å². The predicted molar refractivity (Wildman–Crippen MR) is 97.8 cm³/mol. The van der Waals surface area contributed by atoms with E-state index in [9.17, 15) is 0 Å². The fraction of sp³-hybridized carbons (Fsp3) is 0.400. The molecule has 0 fully saturated rings. The fourth-order valence-corrected chi connectivity index (χ4v) is 1.92. The molecular formula is C20H30O4. The number of aliphatic hydroxyl groups excluding tert-OH is 1. The molecule has 0 heterocycles. The van der Waals surface area contributed by atoms with E-state index in [1.165, 1.54) is 5.56 Å². The minimum absolute atomic E-state index is 0.209. The van der Waals surface area contributed by atoms with Crippen LogP contribution in [0.5, 0.6) is 0 Å². The van der Waals surface area contributed by atoms with Crippen LogP contribution in [0, 0.1) is 0 Å². The summed E-state index contributed by atoms with van der Waals surface area (Å²) in [6, 6.07) is 20.0. The Bertz CT molecular complexity index is 510. The summed E-state index contributed by atoms with van der Waals surface area (Å²) >= 11 is 0. The van der Waals surface area contributed by atoms with Crippen molar-refractivity contribution in [3.05, 3.63) is 71.8 Å². The summed E-state index contributed by atoms with van der Waals surface area (Å²) in [7, 11) is 5.99. The van der Waals surface area contributed by atoms with Gasteiger partial charge in [0.1, 0.15) is 0 Å². The van der Waals surface area contributed by atoms with Gasteiger partial charge in [-0.05, 0) is 19.4 Å². The molecule has 0 spiro atoms. The van der Waals surface area contributed by atoms with E-state index < -0.39 is 5.79 Å². The Morgan fingerprint density at radius 1 is 0.792 bits per heavy atom. The van der Waals surface area contributed by atoms with Crippen molar-refractivity contribution in [3.8, 4) is 0 Å². The molecule has 1 unspecified atom stereocenters. The van der Waals surface area contributed by atoms with Crippen LogP contribution in [-0.4, -0.2) is 33.5 Å². The number of aliphatic hydroxyl groups is 1. The van der Waals surface area contributed by atoms with E-state index in [1.54, 1.807) is 21.3 Å². The summed E-state index contributed by atoms with van der Waals surface area (Å²) in [6.07, 6.45) is 0.209. The van der Waals surface area contributed by atoms with Crippen molar-refractivity contribution in [2.45, 2.75) is 25.7 Å². The van der Waals surface area contributed by atoms with E-state index in [0.717, 1.165) is 12.7 Å². The lowest BCUT2D eigenvalue weighted by Crippen LogP contribution is -2.26. The molecule has 0 amide bonds. The molecule has 0 saturated carbocycles. The Kier molecular flexibility index (Phi) is 11.8. The lowest BCUT2D eigenvalue weighted by Gasteiger charge is -2.26. The summed E-state index contributed by atoms with van der Waals surface area (Å²) in [5.74, 6) is -0.624. The molecule has 0 aromatic heterocycles. The van der Waals surface area contributed by atoms with Crippen molar-refractivity contribution in [2.24, 2.45) is 0 Å². The van der Waals surface area contributed by atoms with Crippen molar-refractivity contribution in [1.82, 2.24) is 0 Å². The zero-order valence-corrected chi connectivity index (χ0v) is 15.5. The third-order valence-corrected chi connectivity index (χ3v) is 3.70. The first-order valence-corrected chi connectivity index (χ1v) is 7.75. The molecule has 4 heteroatoms. The third kappa shape index (κ3) is 7.23. The molecule has 0 radical (unpaired) electrons. The molecular weight excluding hydrogens is 304 g/mol. The number of hydrogen-bond acceptors (Lipinski definition) is 4. The topological polar surface area (TPSA) is 47.9 Å². The summed E-state index contributed by atoms with van der Waals surface area (Å²) < 4.78 is 15.6. The highest BCUT2D eigenvalue weighted by Gasteiger charge is 2.24. The Morgan fingerprint density at radius 3 is 1.58 bits per heavy atom. The van der Waals surface area contributed by atoms with Crippen LogP contribution in [-0.2, 0) is 20.0 Å². The molecule has 4 nitrogen and oxygen atoms in total. The molecule has 1 N–H and O–H groups in total. The predicted octanol–water partition coefficient (Wildman–Crippen LogP) is 4.15. The fourth-order valence-electron chi connectivity index (χ4n) is 1.92. The lowest BCUT2D eigenvalue weighted by molar-refractivity contribution is -0.201. The van der Waals surface area contributed by atoms with Crippen molar-refractivity contribution in [1.29, 1.82) is 0 Å². The Hall–Kier alpha value is -1.72. The summed E-state index contributed by atoms with van der Waals surface area (Å²) in [5, 5.41) is 7.00. The average Bonchev–Trinajstić information content (AvgIpc) is 2.70. The van der Waals surface area contributed by atoms with Crippen molar-refractivity contribution >= 4 is 0 Å². The molecule has 24 heavy (non-hydrogen) atoms. The minimum Gasteiger partial charge on any atom is -0.400 e. The van der Waals surface area contributed by atoms with Crippen LogP contribution in [0.1, 0.15) is 31.1 Å². The van der Waals surface area contributed by atoms with E-state index in [-0.39, 0.29) is 6.10 Å². The second-order valence-electron chi connectivity index (χ2n) is 5.01. The maximum absolute atomic E-state index is 7.00. The van der Waals surface area contributed by atoms with Crippen LogP contribution in [0.15, 0.2) is 60.7 Å². The van der Waals surface area contributed by atoms with Gasteiger partial charge in [-0.3, -0.25) is 0 Å². The van der Waals surface area contributed by atoms with Crippen molar-refractivity contribution in [3.63, 3.8) is 0 Å². The van der Waals surface area contributed by atoms with Crippen LogP contribution < -0.4 is 0 Å². The van der Waals surface area contributed by atoms with Crippen molar-refractivity contribution < 1.29 is 19.3 Å². The van der Waals surface area contributed by atoms with E-state index >= 15 is 0 Å². The second-order valence-corrected chi connectivity index (χ2v) is 5.01. The summed E-state index contributed by atoms with van der Waals surface area (Å²) in [4.78, 5) is 0. The van der Waals surface area contributed by atoms with Gasteiger partial charge in [0.2, 0.25) is 0 Å². The average molecular weight is 334 g/mol. The third-order valence-electron chi connectivity index (χ3n) is 3.70. The highest BCUT2D eigenvalue weighted by atomic mass is 16.7. The van der Waals surface area contributed by atoms with Crippen LogP contribution in [0.3, 0.4) is 0 Å². The summed E-state index contributed by atoms with van der Waals surface area (Å²) in [5.41, 5.74) is 2.25. The van der Waals surface area contributed by atoms with Gasteiger partial charge in [-0.1, -0.05) is 60.7 Å². The molecule has 134 valence electrons. The number of ether oxygens (including phenoxy) is 3. The monoisotopic (exact) mass is 334 g/mol. The van der Waals surface area contributed by atoms with Crippen LogP contribution >= 0.6 is 0 Å². The van der Waals surface area contributed by atoms with Gasteiger partial charge in [-0.2, -0.15) is 0 Å². The molecule has 2 aromatic rings. The number of rotatable bonds is 5. The van der Waals surface area contributed by atoms with Gasteiger partial charge in [-0.15, -0.1) is 0 Å². The highest BCUT2D eigenvalue weighted by Crippen LogP contribution is 2.24. The molecule has 2 rings (SSSR count). The number of methoxy groups -OCH3 is 3. The Morgan fingerprint density at radius 2 is 1.21 bits per heavy atom. The van der Waals surface area contributed by atoms with E-state index in [0.29, 0.717) is 0 Å². The molecule has 1 atom stereocenters. The molecule has 0 saturated heterocycles. The highest BCUT2D eigenvalue weighted by molar-refractivity contribution is 5.19. The molecule has 2 aromatic carbocycles. The normalized spacial score (nSPS) is 11.5. The number of hydrogen-bond donors (Lipinski definition) is 1. The lowest BCUT2D eigenvalue weighted by atomic mass is 10.1. The van der Waals surface area contributed by atoms with E-state index in [2.05, 4.69) is 12.1 Å². The molecule has 0 bridgehead atoms. The number of benzene rings is 2. The van der Waals surface area contributed by atoms with Gasteiger partial charge in [0, 0.05) is 34.0 Å². The van der Waals surface area contributed by atoms with Gasteiger partial charge in [0.15, 0.2) is 5.79 Å². The first-order chi connectivity index (χ1) is 11.6. The minimum atomic E-state index is -0.624.